The Bertz CT molecular complexity index is 608. The Hall–Kier alpha value is -2.27. The second-order valence-electron chi connectivity index (χ2n) is 4.33. The molecule has 96 valence electrons. The summed E-state index contributed by atoms with van der Waals surface area (Å²) in [5, 5.41) is 1.97. The summed E-state index contributed by atoms with van der Waals surface area (Å²) in [5.74, 6) is 3.25. The number of rotatable bonds is 6. The van der Waals surface area contributed by atoms with Crippen LogP contribution in [0.1, 0.15) is 29.6 Å². The van der Waals surface area contributed by atoms with Gasteiger partial charge < -0.3 is 4.74 Å². The molecule has 2 heteroatoms. The molecule has 0 radical (unpaired) electrons. The van der Waals surface area contributed by atoms with E-state index in [0.29, 0.717) is 17.9 Å². The van der Waals surface area contributed by atoms with Gasteiger partial charge in [0.05, 0.1) is 12.2 Å². The number of fused-ring (bicyclic) bond motifs is 1. The van der Waals surface area contributed by atoms with E-state index in [1.807, 2.05) is 36.4 Å². The van der Waals surface area contributed by atoms with Gasteiger partial charge >= 0.3 is 0 Å². The molecule has 2 nitrogen and oxygen atoms in total. The number of terminal acetylenes is 1. The molecule has 2 aromatic rings. The van der Waals surface area contributed by atoms with Gasteiger partial charge in [0.1, 0.15) is 5.75 Å². The van der Waals surface area contributed by atoms with E-state index in [1.54, 1.807) is 0 Å². The van der Waals surface area contributed by atoms with Gasteiger partial charge in [-0.05, 0) is 29.7 Å². The standard InChI is InChI=1S/C17H16O2/c1-2-3-4-7-12-19-17-11-10-14-8-5-6-9-15(14)16(17)13-18/h1,5-6,8-11,13H,3-4,7,12H2. The number of ether oxygens (including phenoxy) is 1. The molecule has 0 aliphatic rings. The van der Waals surface area contributed by atoms with Crippen LogP contribution in [0.4, 0.5) is 0 Å². The highest BCUT2D eigenvalue weighted by atomic mass is 16.5. The van der Waals surface area contributed by atoms with E-state index < -0.39 is 0 Å². The number of hydrogen-bond acceptors (Lipinski definition) is 2. The number of aldehydes is 1. The predicted molar refractivity (Wildman–Crippen MR) is 77.5 cm³/mol. The molecule has 2 rings (SSSR count). The van der Waals surface area contributed by atoms with E-state index in [4.69, 9.17) is 11.2 Å². The van der Waals surface area contributed by atoms with Crippen molar-refractivity contribution in [2.24, 2.45) is 0 Å². The monoisotopic (exact) mass is 252 g/mol. The van der Waals surface area contributed by atoms with Gasteiger partial charge in [0.2, 0.25) is 0 Å². The highest BCUT2D eigenvalue weighted by Gasteiger charge is 2.07. The van der Waals surface area contributed by atoms with E-state index in [9.17, 15) is 4.79 Å². The third-order valence-electron chi connectivity index (χ3n) is 3.02. The summed E-state index contributed by atoms with van der Waals surface area (Å²) >= 11 is 0. The van der Waals surface area contributed by atoms with Crippen molar-refractivity contribution < 1.29 is 9.53 Å². The van der Waals surface area contributed by atoms with Gasteiger partial charge in [-0.25, -0.2) is 0 Å². The maximum atomic E-state index is 11.3. The predicted octanol–water partition coefficient (Wildman–Crippen LogP) is 3.83. The van der Waals surface area contributed by atoms with Crippen molar-refractivity contribution in [1.29, 1.82) is 0 Å². The quantitative estimate of drug-likeness (QED) is 0.443. The normalized spacial score (nSPS) is 10.1. The first-order chi connectivity index (χ1) is 9.36. The Morgan fingerprint density at radius 2 is 2.00 bits per heavy atom. The lowest BCUT2D eigenvalue weighted by Gasteiger charge is -2.10. The summed E-state index contributed by atoms with van der Waals surface area (Å²) in [5.41, 5.74) is 0.620. The summed E-state index contributed by atoms with van der Waals surface area (Å²) in [6, 6.07) is 11.6. The molecule has 2 aromatic carbocycles. The van der Waals surface area contributed by atoms with Gasteiger partial charge in [0.25, 0.3) is 0 Å². The summed E-state index contributed by atoms with van der Waals surface area (Å²) in [6.45, 7) is 0.584. The Morgan fingerprint density at radius 3 is 2.79 bits per heavy atom. The van der Waals surface area contributed by atoms with Crippen molar-refractivity contribution in [3.8, 4) is 18.1 Å². The van der Waals surface area contributed by atoms with E-state index in [1.165, 1.54) is 0 Å². The largest absolute Gasteiger partial charge is 0.493 e. The molecule has 0 aliphatic heterocycles. The van der Waals surface area contributed by atoms with Crippen molar-refractivity contribution in [1.82, 2.24) is 0 Å². The molecule has 0 bridgehead atoms. The molecule has 19 heavy (non-hydrogen) atoms. The fourth-order valence-corrected chi connectivity index (χ4v) is 2.03. The molecular weight excluding hydrogens is 236 g/mol. The zero-order chi connectivity index (χ0) is 13.5. The van der Waals surface area contributed by atoms with Crippen LogP contribution in [0.25, 0.3) is 10.8 Å². The van der Waals surface area contributed by atoms with Crippen LogP contribution in [0, 0.1) is 12.3 Å². The molecule has 0 N–H and O–H groups in total. The van der Waals surface area contributed by atoms with Crippen LogP contribution in [0.15, 0.2) is 36.4 Å². The molecule has 0 unspecified atom stereocenters. The molecule has 0 saturated heterocycles. The minimum Gasteiger partial charge on any atom is -0.493 e. The molecule has 0 amide bonds. The Kier molecular flexibility index (Phi) is 4.58. The van der Waals surface area contributed by atoms with Crippen LogP contribution in [-0.2, 0) is 0 Å². The van der Waals surface area contributed by atoms with Crippen LogP contribution >= 0.6 is 0 Å². The number of carbonyl (C=O) groups excluding carboxylic acids is 1. The summed E-state index contributed by atoms with van der Waals surface area (Å²) in [7, 11) is 0. The first kappa shape index (κ1) is 13.2. The van der Waals surface area contributed by atoms with Gasteiger partial charge in [0.15, 0.2) is 6.29 Å². The minimum absolute atomic E-state index is 0.584. The maximum absolute atomic E-state index is 11.3. The molecule has 0 atom stereocenters. The first-order valence-corrected chi connectivity index (χ1v) is 6.40. The molecule has 0 heterocycles. The Labute approximate surface area is 113 Å². The molecule has 0 spiro atoms. The van der Waals surface area contributed by atoms with Crippen LogP contribution in [0.5, 0.6) is 5.75 Å². The highest BCUT2D eigenvalue weighted by Crippen LogP contribution is 2.26. The second kappa shape index (κ2) is 6.61. The number of hydrogen-bond donors (Lipinski definition) is 0. The molecule has 0 aromatic heterocycles. The zero-order valence-corrected chi connectivity index (χ0v) is 10.8. The first-order valence-electron chi connectivity index (χ1n) is 6.40. The molecular formula is C17H16O2. The zero-order valence-electron chi connectivity index (χ0n) is 10.8. The van der Waals surface area contributed by atoms with E-state index in [-0.39, 0.29) is 0 Å². The van der Waals surface area contributed by atoms with Crippen LogP contribution in [-0.4, -0.2) is 12.9 Å². The van der Waals surface area contributed by atoms with Crippen LogP contribution < -0.4 is 4.74 Å². The Morgan fingerprint density at radius 1 is 1.16 bits per heavy atom. The fraction of sp³-hybridized carbons (Fsp3) is 0.235. The lowest BCUT2D eigenvalue weighted by Crippen LogP contribution is -2.00. The maximum Gasteiger partial charge on any atom is 0.154 e. The van der Waals surface area contributed by atoms with Crippen molar-refractivity contribution in [3.05, 3.63) is 42.0 Å². The number of benzene rings is 2. The molecule has 0 saturated carbocycles. The molecule has 0 fully saturated rings. The average Bonchev–Trinajstić information content (AvgIpc) is 2.46. The second-order valence-corrected chi connectivity index (χ2v) is 4.33. The van der Waals surface area contributed by atoms with Gasteiger partial charge in [-0.1, -0.05) is 30.3 Å². The van der Waals surface area contributed by atoms with Crippen molar-refractivity contribution >= 4 is 17.1 Å². The highest BCUT2D eigenvalue weighted by molar-refractivity contribution is 6.00. The topological polar surface area (TPSA) is 26.3 Å². The van der Waals surface area contributed by atoms with Crippen LogP contribution in [0.2, 0.25) is 0 Å². The SMILES string of the molecule is C#CCCCCOc1ccc2ccccc2c1C=O. The van der Waals surface area contributed by atoms with Gasteiger partial charge in [0, 0.05) is 6.42 Å². The van der Waals surface area contributed by atoms with Crippen LogP contribution in [0.3, 0.4) is 0 Å². The fourth-order valence-electron chi connectivity index (χ4n) is 2.03. The van der Waals surface area contributed by atoms with Gasteiger partial charge in [-0.15, -0.1) is 12.3 Å². The molecule has 0 aliphatic carbocycles. The van der Waals surface area contributed by atoms with E-state index >= 15 is 0 Å². The average molecular weight is 252 g/mol. The smallest absolute Gasteiger partial charge is 0.154 e. The number of carbonyl (C=O) groups is 1. The Balaban J connectivity index is 2.15. The third kappa shape index (κ3) is 3.14. The number of unbranched alkanes of at least 4 members (excludes halogenated alkanes) is 2. The third-order valence-corrected chi connectivity index (χ3v) is 3.02. The lowest BCUT2D eigenvalue weighted by molar-refractivity contribution is 0.112. The summed E-state index contributed by atoms with van der Waals surface area (Å²) in [6.07, 6.45) is 8.66. The van der Waals surface area contributed by atoms with Crippen molar-refractivity contribution in [2.75, 3.05) is 6.61 Å². The van der Waals surface area contributed by atoms with Crippen molar-refractivity contribution in [2.45, 2.75) is 19.3 Å². The van der Waals surface area contributed by atoms with E-state index in [0.717, 1.165) is 36.3 Å². The minimum atomic E-state index is 0.584. The van der Waals surface area contributed by atoms with E-state index in [2.05, 4.69) is 5.92 Å². The lowest BCUT2D eigenvalue weighted by atomic mass is 10.0. The summed E-state index contributed by atoms with van der Waals surface area (Å²) < 4.78 is 5.68. The van der Waals surface area contributed by atoms with Gasteiger partial charge in [-0.3, -0.25) is 4.79 Å². The van der Waals surface area contributed by atoms with Gasteiger partial charge in [-0.2, -0.15) is 0 Å². The van der Waals surface area contributed by atoms with Crippen molar-refractivity contribution in [3.63, 3.8) is 0 Å². The summed E-state index contributed by atoms with van der Waals surface area (Å²) in [4.78, 5) is 11.3.